The maximum atomic E-state index is 12.5. The van der Waals surface area contributed by atoms with E-state index >= 15 is 0 Å². The minimum Gasteiger partial charge on any atom is -0.374 e. The molecule has 9 heteroatoms. The molecule has 2 atom stereocenters. The van der Waals surface area contributed by atoms with Crippen molar-refractivity contribution in [2.45, 2.75) is 32.9 Å². The third-order valence-electron chi connectivity index (χ3n) is 6.53. The summed E-state index contributed by atoms with van der Waals surface area (Å²) >= 11 is 0. The summed E-state index contributed by atoms with van der Waals surface area (Å²) in [7, 11) is 0. The van der Waals surface area contributed by atoms with E-state index in [-0.39, 0.29) is 18.1 Å². The quantitative estimate of drug-likeness (QED) is 0.595. The summed E-state index contributed by atoms with van der Waals surface area (Å²) in [5.41, 5.74) is 0.951. The Kier molecular flexibility index (Phi) is 8.66. The average Bonchev–Trinajstić information content (AvgIpc) is 3.34. The fraction of sp³-hybridized carbons (Fsp3) is 0.640. The smallest absolute Gasteiger partial charge is 0.244 e. The van der Waals surface area contributed by atoms with E-state index < -0.39 is 0 Å². The highest BCUT2D eigenvalue weighted by Crippen LogP contribution is 2.23. The van der Waals surface area contributed by atoms with Crippen molar-refractivity contribution in [3.63, 3.8) is 0 Å². The number of nitrogens with zero attached hydrogens (tertiary/aromatic N) is 5. The Hall–Kier alpha value is -2.33. The molecule has 2 saturated heterocycles. The van der Waals surface area contributed by atoms with Crippen molar-refractivity contribution in [2.75, 3.05) is 65.5 Å². The number of piperazine rings is 1. The normalized spacial score (nSPS) is 21.6. The number of carbonyl (C=O) groups excluding carboxylic acids is 1. The first-order valence-electron chi connectivity index (χ1n) is 12.4. The monoisotopic (exact) mass is 470 g/mol. The predicted octanol–water partition coefficient (Wildman–Crippen LogP) is 1.89. The lowest BCUT2D eigenvalue weighted by atomic mass is 10.2. The van der Waals surface area contributed by atoms with Gasteiger partial charge in [0.25, 0.3) is 0 Å². The van der Waals surface area contributed by atoms with Crippen molar-refractivity contribution in [3.05, 3.63) is 36.2 Å². The predicted molar refractivity (Wildman–Crippen MR) is 130 cm³/mol. The SMILES string of the molecule is CC(C)CN1CCOC(CNC(=O)CN2CCN(C(C)c3nc(-c4ccccc4)no3)CC2)C1. The fourth-order valence-corrected chi connectivity index (χ4v) is 4.65. The second-order valence-electron chi connectivity index (χ2n) is 9.76. The number of rotatable bonds is 9. The van der Waals surface area contributed by atoms with Crippen LogP contribution >= 0.6 is 0 Å². The van der Waals surface area contributed by atoms with E-state index in [1.54, 1.807) is 0 Å². The molecule has 2 aromatic rings. The Bertz CT molecular complexity index is 897. The molecule has 4 rings (SSSR count). The molecule has 2 unspecified atom stereocenters. The molecule has 2 aliphatic heterocycles. The van der Waals surface area contributed by atoms with Crippen LogP contribution in [0.1, 0.15) is 32.7 Å². The van der Waals surface area contributed by atoms with E-state index in [9.17, 15) is 4.79 Å². The van der Waals surface area contributed by atoms with Crippen LogP contribution in [-0.2, 0) is 9.53 Å². The second-order valence-corrected chi connectivity index (χ2v) is 9.76. The summed E-state index contributed by atoms with van der Waals surface area (Å²) in [6, 6.07) is 9.90. The zero-order valence-electron chi connectivity index (χ0n) is 20.7. The number of carbonyl (C=O) groups is 1. The van der Waals surface area contributed by atoms with Gasteiger partial charge in [0.15, 0.2) is 0 Å². The van der Waals surface area contributed by atoms with Crippen molar-refractivity contribution in [1.82, 2.24) is 30.2 Å². The van der Waals surface area contributed by atoms with Crippen LogP contribution in [0.3, 0.4) is 0 Å². The van der Waals surface area contributed by atoms with Gasteiger partial charge in [0.05, 0.1) is 25.3 Å². The van der Waals surface area contributed by atoms with E-state index in [2.05, 4.69) is 50.9 Å². The molecule has 2 fully saturated rings. The number of ether oxygens (including phenoxy) is 1. The minimum atomic E-state index is 0.0400. The summed E-state index contributed by atoms with van der Waals surface area (Å²) in [6.45, 7) is 14.6. The molecule has 1 N–H and O–H groups in total. The second kappa shape index (κ2) is 11.9. The van der Waals surface area contributed by atoms with Crippen molar-refractivity contribution in [2.24, 2.45) is 5.92 Å². The van der Waals surface area contributed by atoms with Gasteiger partial charge in [0.1, 0.15) is 0 Å². The van der Waals surface area contributed by atoms with Gasteiger partial charge in [0.2, 0.25) is 17.6 Å². The maximum Gasteiger partial charge on any atom is 0.244 e. The van der Waals surface area contributed by atoms with E-state index in [1.807, 2.05) is 30.3 Å². The van der Waals surface area contributed by atoms with Crippen molar-refractivity contribution in [1.29, 1.82) is 0 Å². The van der Waals surface area contributed by atoms with Crippen LogP contribution in [-0.4, -0.2) is 102 Å². The van der Waals surface area contributed by atoms with Gasteiger partial charge >= 0.3 is 0 Å². The highest BCUT2D eigenvalue weighted by atomic mass is 16.5. The Morgan fingerprint density at radius 2 is 1.85 bits per heavy atom. The number of aromatic nitrogens is 2. The van der Waals surface area contributed by atoms with E-state index in [1.165, 1.54) is 0 Å². The lowest BCUT2D eigenvalue weighted by molar-refractivity contribution is -0.124. The molecule has 0 aliphatic carbocycles. The zero-order valence-corrected chi connectivity index (χ0v) is 20.7. The van der Waals surface area contributed by atoms with Crippen LogP contribution in [0.4, 0.5) is 0 Å². The van der Waals surface area contributed by atoms with Gasteiger partial charge in [-0.2, -0.15) is 4.98 Å². The molecule has 0 radical (unpaired) electrons. The Balaban J connectivity index is 1.17. The lowest BCUT2D eigenvalue weighted by Gasteiger charge is -2.36. The molecule has 1 aromatic carbocycles. The van der Waals surface area contributed by atoms with Crippen molar-refractivity contribution >= 4 is 5.91 Å². The summed E-state index contributed by atoms with van der Waals surface area (Å²) in [6.07, 6.45) is 0.0735. The number of benzene rings is 1. The molecular formula is C25H38N6O3. The largest absolute Gasteiger partial charge is 0.374 e. The number of nitrogens with one attached hydrogen (secondary N) is 1. The van der Waals surface area contributed by atoms with Gasteiger partial charge in [0, 0.05) is 57.9 Å². The highest BCUT2D eigenvalue weighted by Gasteiger charge is 2.27. The van der Waals surface area contributed by atoms with Gasteiger partial charge in [-0.25, -0.2) is 0 Å². The molecule has 1 amide bonds. The van der Waals surface area contributed by atoms with Crippen molar-refractivity contribution < 1.29 is 14.1 Å². The summed E-state index contributed by atoms with van der Waals surface area (Å²) in [4.78, 5) is 24.1. The zero-order chi connectivity index (χ0) is 23.9. The number of hydrogen-bond donors (Lipinski definition) is 1. The fourth-order valence-electron chi connectivity index (χ4n) is 4.65. The van der Waals surface area contributed by atoms with Gasteiger partial charge in [-0.05, 0) is 12.8 Å². The van der Waals surface area contributed by atoms with Gasteiger partial charge in [-0.1, -0.05) is 49.3 Å². The number of morpholine rings is 1. The molecule has 0 bridgehead atoms. The van der Waals surface area contributed by atoms with Crippen LogP contribution < -0.4 is 5.32 Å². The third-order valence-corrected chi connectivity index (χ3v) is 6.53. The molecule has 9 nitrogen and oxygen atoms in total. The standard InChI is InChI=1S/C25H38N6O3/c1-19(2)16-30-13-14-33-22(17-30)15-26-23(32)18-29-9-11-31(12-10-29)20(3)25-27-24(28-34-25)21-7-5-4-6-8-21/h4-8,19-20,22H,9-18H2,1-3H3,(H,26,32). The van der Waals surface area contributed by atoms with Gasteiger partial charge in [-0.3, -0.25) is 19.5 Å². The maximum absolute atomic E-state index is 12.5. The first kappa shape index (κ1) is 24.8. The molecule has 34 heavy (non-hydrogen) atoms. The number of hydrogen-bond acceptors (Lipinski definition) is 8. The van der Waals surface area contributed by atoms with E-state index in [4.69, 9.17) is 9.26 Å². The highest BCUT2D eigenvalue weighted by molar-refractivity contribution is 5.78. The number of amides is 1. The Morgan fingerprint density at radius 3 is 2.59 bits per heavy atom. The van der Waals surface area contributed by atoms with Crippen LogP contribution in [0.25, 0.3) is 11.4 Å². The van der Waals surface area contributed by atoms with Crippen molar-refractivity contribution in [3.8, 4) is 11.4 Å². The molecule has 1 aromatic heterocycles. The Labute approximate surface area is 202 Å². The van der Waals surface area contributed by atoms with Crippen LogP contribution in [0.15, 0.2) is 34.9 Å². The van der Waals surface area contributed by atoms with E-state index in [0.29, 0.717) is 30.7 Å². The molecule has 3 heterocycles. The molecule has 0 spiro atoms. The molecule has 2 aliphatic rings. The third kappa shape index (κ3) is 6.85. The molecular weight excluding hydrogens is 432 g/mol. The Morgan fingerprint density at radius 1 is 1.09 bits per heavy atom. The van der Waals surface area contributed by atoms with E-state index in [0.717, 1.165) is 58.0 Å². The van der Waals surface area contributed by atoms with Crippen LogP contribution in [0.5, 0.6) is 0 Å². The first-order chi connectivity index (χ1) is 16.5. The van der Waals surface area contributed by atoms with Crippen LogP contribution in [0, 0.1) is 5.92 Å². The minimum absolute atomic E-state index is 0.0400. The summed E-state index contributed by atoms with van der Waals surface area (Å²) in [5.74, 6) is 1.95. The van der Waals surface area contributed by atoms with Crippen LogP contribution in [0.2, 0.25) is 0 Å². The van der Waals surface area contributed by atoms with Gasteiger partial charge < -0.3 is 14.6 Å². The first-order valence-corrected chi connectivity index (χ1v) is 12.4. The summed E-state index contributed by atoms with van der Waals surface area (Å²) in [5, 5.41) is 7.22. The molecule has 0 saturated carbocycles. The average molecular weight is 471 g/mol. The topological polar surface area (TPSA) is 87.0 Å². The summed E-state index contributed by atoms with van der Waals surface area (Å²) < 4.78 is 11.4. The van der Waals surface area contributed by atoms with Gasteiger partial charge in [-0.15, -0.1) is 0 Å². The lowest BCUT2D eigenvalue weighted by Crippen LogP contribution is -2.52. The molecule has 186 valence electrons.